The molecule has 8 bridgehead atoms. The summed E-state index contributed by atoms with van der Waals surface area (Å²) in [6, 6.07) is 32.5. The minimum atomic E-state index is -0.606. The summed E-state index contributed by atoms with van der Waals surface area (Å²) in [6.45, 7) is 1.23. The largest absolute Gasteiger partial charge is 0.508 e. The van der Waals surface area contributed by atoms with Crippen molar-refractivity contribution in [1.29, 1.82) is 0 Å². The number of nitrogens with zero attached hydrogens (tertiary/aromatic N) is 1. The number of rotatable bonds is 6. The Morgan fingerprint density at radius 1 is 0.819 bits per heavy atom. The van der Waals surface area contributed by atoms with E-state index in [4.69, 9.17) is 19.9 Å². The van der Waals surface area contributed by atoms with Crippen LogP contribution in [-0.4, -0.2) is 62.7 Å². The lowest BCUT2D eigenvalue weighted by molar-refractivity contribution is -0.0894. The Morgan fingerprint density at radius 3 is 2.64 bits per heavy atom. The summed E-state index contributed by atoms with van der Waals surface area (Å²) in [7, 11) is 0. The minimum Gasteiger partial charge on any atom is -0.508 e. The average molecular weight is 964 g/mol. The normalized spacial score (nSPS) is 27.0. The highest BCUT2D eigenvalue weighted by Crippen LogP contribution is 2.60. The number of hydrogen-bond acceptors (Lipinski definition) is 9. The Labute approximate surface area is 422 Å². The topological polar surface area (TPSA) is 152 Å². The summed E-state index contributed by atoms with van der Waals surface area (Å²) in [5, 5.41) is 49.5. The van der Waals surface area contributed by atoms with Gasteiger partial charge in [-0.25, -0.2) is 0 Å². The molecule has 1 unspecified atom stereocenters. The molecule has 5 heterocycles. The molecule has 12 rings (SSSR count). The number of aromatic nitrogens is 1. The van der Waals surface area contributed by atoms with E-state index in [1.807, 2.05) is 36.4 Å². The number of aryl methyl sites for hydroxylation is 2. The van der Waals surface area contributed by atoms with Crippen molar-refractivity contribution in [2.75, 3.05) is 13.2 Å². The first-order chi connectivity index (χ1) is 35.1. The molecule has 72 heavy (non-hydrogen) atoms. The molecule has 7 N–H and O–H groups in total. The number of ether oxygens (including phenoxy) is 3. The van der Waals surface area contributed by atoms with E-state index in [0.29, 0.717) is 49.9 Å². The maximum atomic E-state index is 11.6. The van der Waals surface area contributed by atoms with E-state index in [0.717, 1.165) is 113 Å². The second-order valence-corrected chi connectivity index (χ2v) is 21.4. The van der Waals surface area contributed by atoms with E-state index in [1.165, 1.54) is 16.7 Å². The molecule has 0 amide bonds. The molecule has 6 aliphatic rings. The second kappa shape index (κ2) is 19.5. The van der Waals surface area contributed by atoms with Gasteiger partial charge in [0.15, 0.2) is 11.5 Å². The lowest BCUT2D eigenvalue weighted by atomic mass is 9.51. The van der Waals surface area contributed by atoms with Crippen LogP contribution in [0.4, 0.5) is 0 Å². The van der Waals surface area contributed by atoms with Crippen LogP contribution in [0.5, 0.6) is 23.0 Å². The van der Waals surface area contributed by atoms with Gasteiger partial charge in [0, 0.05) is 58.7 Å². The van der Waals surface area contributed by atoms with Gasteiger partial charge in [-0.05, 0) is 176 Å². The molecular weight excluding hydrogens is 899 g/mol. The molecule has 2 aliphatic carbocycles. The summed E-state index contributed by atoms with van der Waals surface area (Å²) < 4.78 is 22.4. The van der Waals surface area contributed by atoms with Gasteiger partial charge < -0.3 is 50.3 Å². The van der Waals surface area contributed by atoms with Gasteiger partial charge in [-0.15, -0.1) is 0 Å². The van der Waals surface area contributed by atoms with Crippen LogP contribution in [0, 0.1) is 23.7 Å². The number of aromatic hydroxyl groups is 3. The Balaban J connectivity index is 0.947. The number of fused-ring (bicyclic) bond motifs is 10. The van der Waals surface area contributed by atoms with E-state index >= 15 is 0 Å². The summed E-state index contributed by atoms with van der Waals surface area (Å²) in [5.41, 5.74) is 17.5. The van der Waals surface area contributed by atoms with Gasteiger partial charge in [0.25, 0.3) is 0 Å². The van der Waals surface area contributed by atoms with Crippen molar-refractivity contribution in [3.63, 3.8) is 0 Å². The van der Waals surface area contributed by atoms with Crippen LogP contribution in [-0.2, 0) is 40.8 Å². The summed E-state index contributed by atoms with van der Waals surface area (Å²) in [6.07, 6.45) is 15.8. The maximum absolute atomic E-state index is 11.6. The van der Waals surface area contributed by atoms with Crippen molar-refractivity contribution in [2.24, 2.45) is 17.6 Å². The number of phenols is 3. The third-order valence-electron chi connectivity index (χ3n) is 16.9. The first-order valence-corrected chi connectivity index (χ1v) is 26.3. The zero-order chi connectivity index (χ0) is 48.9. The number of hydrogen-bond donors (Lipinski definition) is 6. The van der Waals surface area contributed by atoms with Gasteiger partial charge in [-0.2, -0.15) is 0 Å². The van der Waals surface area contributed by atoms with Gasteiger partial charge in [0.05, 0.1) is 31.1 Å². The predicted molar refractivity (Wildman–Crippen MR) is 280 cm³/mol. The Hall–Kier alpha value is -6.48. The van der Waals surface area contributed by atoms with Crippen LogP contribution in [0.1, 0.15) is 115 Å². The Morgan fingerprint density at radius 2 is 1.72 bits per heavy atom. The van der Waals surface area contributed by atoms with Crippen LogP contribution in [0.2, 0.25) is 0 Å². The fourth-order valence-electron chi connectivity index (χ4n) is 13.3. The van der Waals surface area contributed by atoms with E-state index < -0.39 is 12.3 Å². The number of aliphatic hydroxyl groups is 1. The fourth-order valence-corrected chi connectivity index (χ4v) is 13.3. The molecule has 0 spiro atoms. The van der Waals surface area contributed by atoms with Crippen molar-refractivity contribution in [2.45, 2.75) is 126 Å². The number of phenolic OH excluding ortho intramolecular Hbond substituents is 3. The summed E-state index contributed by atoms with van der Waals surface area (Å²) >= 11 is 0. The summed E-state index contributed by atoms with van der Waals surface area (Å²) in [4.78, 5) is 0. The number of benzene rings is 5. The van der Waals surface area contributed by atoms with Gasteiger partial charge in [-0.3, -0.25) is 0 Å². The van der Waals surface area contributed by atoms with Gasteiger partial charge in [0.1, 0.15) is 23.9 Å². The van der Waals surface area contributed by atoms with E-state index in [1.54, 1.807) is 24.3 Å². The third-order valence-corrected chi connectivity index (χ3v) is 16.9. The highest BCUT2D eigenvalue weighted by Gasteiger charge is 2.55. The Bertz CT molecular complexity index is 3160. The summed E-state index contributed by atoms with van der Waals surface area (Å²) in [5.74, 6) is 10.1. The molecule has 2 fully saturated rings. The molecule has 1 saturated heterocycles. The first kappa shape index (κ1) is 46.6. The van der Waals surface area contributed by atoms with Crippen molar-refractivity contribution in [3.8, 4) is 34.8 Å². The average Bonchev–Trinajstić information content (AvgIpc) is 3.82. The maximum Gasteiger partial charge on any atom is 0.161 e. The molecule has 370 valence electrons. The van der Waals surface area contributed by atoms with Crippen LogP contribution in [0.25, 0.3) is 16.6 Å². The number of nitrogens with two attached hydrogens (primary N) is 1. The zero-order valence-corrected chi connectivity index (χ0v) is 40.9. The highest BCUT2D eigenvalue weighted by molar-refractivity contribution is 5.88. The molecule has 10 nitrogen and oxygen atoms in total. The lowest BCUT2D eigenvalue weighted by Gasteiger charge is -2.56. The van der Waals surface area contributed by atoms with Crippen molar-refractivity contribution < 1.29 is 34.6 Å². The highest BCUT2D eigenvalue weighted by atomic mass is 16.5. The standard InChI is InChI=1S/C62H65N3O7/c63-60-32-43-17-13-38(11-12-39-15-20-56(68)44(25-39)26-41-6-3-7-48(66)27-41)5-4-8-50-33-49(67)19-14-40-16-21-57(69)59(28-40)72-36-46-30-47(29-45-34-65(35-52(45)46)61(64-60)53(43)37-71-50)62-23-24-70-58-22-18-42(31-55(58)62)51-9-1-2-10-54(51)62/h1-3,6-7,9-10,15-16,20-21,25,27-30,32,34-35,38,42,49-50,55,58,60,64,66-69H,4-5,8,11-12,14,18-19,22-24,26,31,33,36-37,63H2/t38-,42-,49+,50-,55-,58+,60?,62+/m0/s1. The monoisotopic (exact) mass is 963 g/mol. The Kier molecular flexibility index (Phi) is 12.6. The quantitative estimate of drug-likeness (QED) is 0.0897. The van der Waals surface area contributed by atoms with E-state index in [9.17, 15) is 20.4 Å². The minimum absolute atomic E-state index is 0.0719. The lowest BCUT2D eigenvalue weighted by Crippen LogP contribution is -2.54. The zero-order valence-electron chi connectivity index (χ0n) is 40.9. The van der Waals surface area contributed by atoms with Crippen LogP contribution in [0.3, 0.4) is 0 Å². The van der Waals surface area contributed by atoms with E-state index in [2.05, 4.69) is 76.6 Å². The number of dihydropyridines is 1. The molecule has 1 aromatic heterocycles. The van der Waals surface area contributed by atoms with E-state index in [-0.39, 0.29) is 54.0 Å². The van der Waals surface area contributed by atoms with Crippen LogP contribution in [0.15, 0.2) is 127 Å². The molecule has 10 heteroatoms. The van der Waals surface area contributed by atoms with Crippen molar-refractivity contribution >= 4 is 16.6 Å². The molecule has 0 radical (unpaired) electrons. The first-order valence-electron chi connectivity index (χ1n) is 26.3. The molecule has 5 aromatic carbocycles. The van der Waals surface area contributed by atoms with Crippen LogP contribution >= 0.6 is 0 Å². The van der Waals surface area contributed by atoms with Crippen LogP contribution < -0.4 is 15.8 Å². The second-order valence-electron chi connectivity index (χ2n) is 21.4. The van der Waals surface area contributed by atoms with Crippen molar-refractivity contribution in [3.05, 3.63) is 171 Å². The van der Waals surface area contributed by atoms with Gasteiger partial charge in [-0.1, -0.05) is 72.5 Å². The fraction of sp³-hybridized carbons (Fsp3) is 0.387. The SMILES string of the molecule is NC1C=C2C#C[C@H](CCc3ccc(O)c(Cc4cccc(O)c4)c3)CCC[C@H]3C[C@H](O)CCc4ccc(O)c(c4)OCc4cc([C@@]56CCO[C@@H]7CC[C@@H](C[C@@H]75)c5ccccc56)cc5cn(cc45)C(=C2CO3)N1. The molecular formula is C62H65N3O7. The van der Waals surface area contributed by atoms with Crippen molar-refractivity contribution in [1.82, 2.24) is 9.88 Å². The third kappa shape index (κ3) is 9.06. The predicted octanol–water partition coefficient (Wildman–Crippen LogP) is 10.4. The number of aliphatic hydroxyl groups excluding tert-OH is 1. The molecule has 1 saturated carbocycles. The van der Waals surface area contributed by atoms with Gasteiger partial charge >= 0.3 is 0 Å². The van der Waals surface area contributed by atoms with Gasteiger partial charge in [0.2, 0.25) is 0 Å². The number of nitrogens with one attached hydrogen (secondary N) is 1. The molecule has 4 aliphatic heterocycles. The molecule has 8 atom stereocenters. The smallest absolute Gasteiger partial charge is 0.161 e. The molecule has 6 aromatic rings.